The van der Waals surface area contributed by atoms with Crippen LogP contribution in [0.5, 0.6) is 0 Å². The monoisotopic (exact) mass is 256 g/mol. The molecule has 3 N–H and O–H groups in total. The molecule has 0 fully saturated rings. The predicted molar refractivity (Wildman–Crippen MR) is 73.3 cm³/mol. The van der Waals surface area contributed by atoms with E-state index in [0.717, 1.165) is 28.0 Å². The average Bonchev–Trinajstić information content (AvgIpc) is 2.98. The lowest BCUT2D eigenvalue weighted by Crippen LogP contribution is -2.28. The van der Waals surface area contributed by atoms with Crippen molar-refractivity contribution in [2.24, 2.45) is 12.9 Å². The third-order valence-electron chi connectivity index (χ3n) is 3.23. The van der Waals surface area contributed by atoms with Gasteiger partial charge in [-0.05, 0) is 18.6 Å². The third kappa shape index (κ3) is 2.03. The molecule has 1 atom stereocenters. The van der Waals surface area contributed by atoms with Crippen LogP contribution < -0.4 is 11.3 Å². The fourth-order valence-electron chi connectivity index (χ4n) is 2.27. The molecule has 0 saturated carbocycles. The number of aryl methyl sites for hydroxylation is 2. The Bertz CT molecular complexity index is 713. The molecule has 0 saturated heterocycles. The van der Waals surface area contributed by atoms with Gasteiger partial charge in [-0.1, -0.05) is 18.2 Å². The highest BCUT2D eigenvalue weighted by atomic mass is 16.3. The van der Waals surface area contributed by atoms with Crippen molar-refractivity contribution in [2.75, 3.05) is 0 Å². The highest BCUT2D eigenvalue weighted by Crippen LogP contribution is 2.28. The Morgan fingerprint density at radius 3 is 2.89 bits per heavy atom. The van der Waals surface area contributed by atoms with Crippen molar-refractivity contribution in [3.8, 4) is 0 Å². The number of aromatic nitrogens is 2. The molecular weight excluding hydrogens is 240 g/mol. The summed E-state index contributed by atoms with van der Waals surface area (Å²) in [5.74, 6) is 6.42. The van der Waals surface area contributed by atoms with Gasteiger partial charge in [-0.2, -0.15) is 0 Å². The maximum absolute atomic E-state index is 5.92. The molecule has 19 heavy (non-hydrogen) atoms. The lowest BCUT2D eigenvalue weighted by atomic mass is 10.1. The minimum absolute atomic E-state index is 0.243. The molecule has 0 aliphatic rings. The highest BCUT2D eigenvalue weighted by Gasteiger charge is 2.19. The van der Waals surface area contributed by atoms with Crippen LogP contribution >= 0.6 is 0 Å². The van der Waals surface area contributed by atoms with Crippen LogP contribution in [0.2, 0.25) is 0 Å². The van der Waals surface area contributed by atoms with Gasteiger partial charge in [-0.15, -0.1) is 0 Å². The minimum Gasteiger partial charge on any atom is -0.459 e. The molecule has 5 heteroatoms. The lowest BCUT2D eigenvalue weighted by molar-refractivity contribution is 0.471. The number of furan rings is 1. The highest BCUT2D eigenvalue weighted by molar-refractivity contribution is 5.81. The first-order valence-corrected chi connectivity index (χ1v) is 6.12. The average molecular weight is 256 g/mol. The molecule has 1 aromatic carbocycles. The summed E-state index contributed by atoms with van der Waals surface area (Å²) in [6.45, 7) is 2.03. The Morgan fingerprint density at radius 2 is 2.26 bits per heavy atom. The van der Waals surface area contributed by atoms with Gasteiger partial charge in [0.25, 0.3) is 0 Å². The maximum Gasteiger partial charge on any atom is 0.137 e. The number of fused-ring (bicyclic) bond motifs is 1. The Labute approximate surface area is 111 Å². The molecule has 0 aliphatic heterocycles. The van der Waals surface area contributed by atoms with Crippen molar-refractivity contribution in [1.82, 2.24) is 15.0 Å². The lowest BCUT2D eigenvalue weighted by Gasteiger charge is -2.09. The molecule has 5 nitrogen and oxygen atoms in total. The molecule has 98 valence electrons. The van der Waals surface area contributed by atoms with E-state index in [4.69, 9.17) is 10.3 Å². The summed E-state index contributed by atoms with van der Waals surface area (Å²) in [5, 5.41) is 1.08. The van der Waals surface area contributed by atoms with Gasteiger partial charge < -0.3 is 8.98 Å². The summed E-state index contributed by atoms with van der Waals surface area (Å²) in [6, 6.07) is 7.83. The summed E-state index contributed by atoms with van der Waals surface area (Å²) in [4.78, 5) is 4.32. The fraction of sp³-hybridized carbons (Fsp3) is 0.214. The first-order valence-electron chi connectivity index (χ1n) is 6.12. The zero-order valence-corrected chi connectivity index (χ0v) is 10.9. The SMILES string of the molecule is Cc1cccc2cc(C(NN)c3cn(C)cn3)oc12. The minimum atomic E-state index is -0.243. The summed E-state index contributed by atoms with van der Waals surface area (Å²) in [5.41, 5.74) is 5.60. The second-order valence-electron chi connectivity index (χ2n) is 4.71. The quantitative estimate of drug-likeness (QED) is 0.555. The number of hydrogen-bond donors (Lipinski definition) is 2. The van der Waals surface area contributed by atoms with Crippen molar-refractivity contribution in [1.29, 1.82) is 0 Å². The van der Waals surface area contributed by atoms with E-state index in [1.165, 1.54) is 0 Å². The van der Waals surface area contributed by atoms with E-state index in [9.17, 15) is 0 Å². The van der Waals surface area contributed by atoms with Crippen LogP contribution in [0.3, 0.4) is 0 Å². The van der Waals surface area contributed by atoms with Gasteiger partial charge in [0, 0.05) is 18.6 Å². The van der Waals surface area contributed by atoms with Gasteiger partial charge in [0.05, 0.1) is 12.0 Å². The number of nitrogens with two attached hydrogens (primary N) is 1. The molecule has 1 unspecified atom stereocenters. The zero-order chi connectivity index (χ0) is 13.4. The van der Waals surface area contributed by atoms with Gasteiger partial charge in [-0.25, -0.2) is 10.4 Å². The van der Waals surface area contributed by atoms with E-state index in [1.54, 1.807) is 6.33 Å². The van der Waals surface area contributed by atoms with E-state index in [0.29, 0.717) is 0 Å². The van der Waals surface area contributed by atoms with Gasteiger partial charge in [0.15, 0.2) is 0 Å². The van der Waals surface area contributed by atoms with E-state index < -0.39 is 0 Å². The summed E-state index contributed by atoms with van der Waals surface area (Å²) >= 11 is 0. The number of rotatable bonds is 3. The number of hydrazine groups is 1. The normalized spacial score (nSPS) is 13.0. The fourth-order valence-corrected chi connectivity index (χ4v) is 2.27. The zero-order valence-electron chi connectivity index (χ0n) is 10.9. The molecule has 0 bridgehead atoms. The number of hydrogen-bond acceptors (Lipinski definition) is 4. The molecule has 2 aromatic heterocycles. The number of imidazole rings is 1. The van der Waals surface area contributed by atoms with Crippen molar-refractivity contribution < 1.29 is 4.42 Å². The van der Waals surface area contributed by atoms with Gasteiger partial charge in [0.2, 0.25) is 0 Å². The summed E-state index contributed by atoms with van der Waals surface area (Å²) in [6.07, 6.45) is 3.66. The number of benzene rings is 1. The summed E-state index contributed by atoms with van der Waals surface area (Å²) in [7, 11) is 1.92. The van der Waals surface area contributed by atoms with Crippen LogP contribution in [-0.2, 0) is 7.05 Å². The van der Waals surface area contributed by atoms with E-state index in [-0.39, 0.29) is 6.04 Å². The molecule has 3 aromatic rings. The second-order valence-corrected chi connectivity index (χ2v) is 4.71. The Balaban J connectivity index is 2.09. The van der Waals surface area contributed by atoms with Gasteiger partial charge in [0.1, 0.15) is 17.4 Å². The molecule has 0 aliphatic carbocycles. The van der Waals surface area contributed by atoms with E-state index >= 15 is 0 Å². The van der Waals surface area contributed by atoms with Gasteiger partial charge >= 0.3 is 0 Å². The molecule has 0 amide bonds. The van der Waals surface area contributed by atoms with Crippen molar-refractivity contribution in [3.05, 3.63) is 53.8 Å². The smallest absolute Gasteiger partial charge is 0.137 e. The Morgan fingerprint density at radius 1 is 1.42 bits per heavy atom. The van der Waals surface area contributed by atoms with Crippen LogP contribution in [0.25, 0.3) is 11.0 Å². The molecule has 0 spiro atoms. The molecular formula is C14H16N4O. The first kappa shape index (κ1) is 12.0. The molecule has 3 rings (SSSR count). The predicted octanol–water partition coefficient (Wildman–Crippen LogP) is 2.03. The van der Waals surface area contributed by atoms with Crippen LogP contribution in [0.4, 0.5) is 0 Å². The second kappa shape index (κ2) is 4.53. The van der Waals surface area contributed by atoms with Crippen LogP contribution in [0.1, 0.15) is 23.1 Å². The number of nitrogens with zero attached hydrogens (tertiary/aromatic N) is 2. The standard InChI is InChI=1S/C14H16N4O/c1-9-4-3-5-10-6-12(19-14(9)10)13(17-15)11-7-18(2)8-16-11/h3-8,13,17H,15H2,1-2H3. The van der Waals surface area contributed by atoms with Crippen molar-refractivity contribution in [2.45, 2.75) is 13.0 Å². The third-order valence-corrected chi connectivity index (χ3v) is 3.23. The number of para-hydroxylation sites is 1. The van der Waals surface area contributed by atoms with E-state index in [1.807, 2.05) is 49.0 Å². The Hall–Kier alpha value is -2.11. The van der Waals surface area contributed by atoms with Crippen LogP contribution in [0, 0.1) is 6.92 Å². The first-order chi connectivity index (χ1) is 9.19. The van der Waals surface area contributed by atoms with Crippen molar-refractivity contribution >= 4 is 11.0 Å². The Kier molecular flexibility index (Phi) is 2.85. The topological polar surface area (TPSA) is 69.0 Å². The van der Waals surface area contributed by atoms with Gasteiger partial charge in [-0.3, -0.25) is 5.84 Å². The van der Waals surface area contributed by atoms with Crippen LogP contribution in [0.15, 0.2) is 41.2 Å². The summed E-state index contributed by atoms with van der Waals surface area (Å²) < 4.78 is 7.81. The largest absolute Gasteiger partial charge is 0.459 e. The van der Waals surface area contributed by atoms with Crippen LogP contribution in [-0.4, -0.2) is 9.55 Å². The maximum atomic E-state index is 5.92. The number of nitrogens with one attached hydrogen (secondary N) is 1. The van der Waals surface area contributed by atoms with E-state index in [2.05, 4.69) is 10.4 Å². The molecule has 2 heterocycles. The molecule has 0 radical (unpaired) electrons. The van der Waals surface area contributed by atoms with Crippen molar-refractivity contribution in [3.63, 3.8) is 0 Å².